The summed E-state index contributed by atoms with van der Waals surface area (Å²) in [6.45, 7) is 3.50. The molecule has 7 nitrogen and oxygen atoms in total. The Morgan fingerprint density at radius 1 is 1.32 bits per heavy atom. The van der Waals surface area contributed by atoms with Crippen LogP contribution in [0.2, 0.25) is 0 Å². The van der Waals surface area contributed by atoms with Crippen molar-refractivity contribution >= 4 is 17.3 Å². The lowest BCUT2D eigenvalue weighted by molar-refractivity contribution is -0.384. The zero-order chi connectivity index (χ0) is 18.9. The van der Waals surface area contributed by atoms with Crippen molar-refractivity contribution in [1.82, 2.24) is 5.32 Å². The number of rotatable bonds is 10. The Morgan fingerprint density at radius 3 is 2.64 bits per heavy atom. The number of benzene rings is 1. The molecule has 0 bridgehead atoms. The number of nitrogens with one attached hydrogen (secondary N) is 2. The summed E-state index contributed by atoms with van der Waals surface area (Å²) >= 11 is 0. The van der Waals surface area contributed by atoms with E-state index in [0.29, 0.717) is 32.2 Å². The lowest BCUT2D eigenvalue weighted by Gasteiger charge is -2.10. The molecule has 1 aromatic carbocycles. The number of hydrogen-bond acceptors (Lipinski definition) is 5. The molecule has 1 rings (SSSR count). The van der Waals surface area contributed by atoms with Gasteiger partial charge in [0.25, 0.3) is 5.69 Å². The third kappa shape index (κ3) is 7.38. The number of hydrogen-bond donors (Lipinski definition) is 2. The molecule has 0 aliphatic rings. The summed E-state index contributed by atoms with van der Waals surface area (Å²) in [5, 5.41) is 16.2. The highest BCUT2D eigenvalue weighted by atomic mass is 19.4. The summed E-state index contributed by atoms with van der Waals surface area (Å²) in [5.41, 5.74) is -1.86. The number of halogens is 3. The molecule has 1 aromatic rings. The van der Waals surface area contributed by atoms with E-state index in [9.17, 15) is 28.1 Å². The summed E-state index contributed by atoms with van der Waals surface area (Å²) in [6, 6.07) is 2.21. The molecule has 140 valence electrons. The summed E-state index contributed by atoms with van der Waals surface area (Å²) in [7, 11) is 0. The van der Waals surface area contributed by atoms with Crippen molar-refractivity contribution in [2.75, 3.05) is 31.6 Å². The predicted octanol–water partition coefficient (Wildman–Crippen LogP) is 2.96. The van der Waals surface area contributed by atoms with Gasteiger partial charge < -0.3 is 15.4 Å². The molecule has 2 N–H and O–H groups in total. The van der Waals surface area contributed by atoms with E-state index >= 15 is 0 Å². The van der Waals surface area contributed by atoms with Gasteiger partial charge in [0.2, 0.25) is 5.91 Å². The first-order chi connectivity index (χ1) is 11.8. The monoisotopic (exact) mass is 363 g/mol. The van der Waals surface area contributed by atoms with Crippen molar-refractivity contribution in [3.8, 4) is 0 Å². The fourth-order valence-electron chi connectivity index (χ4n) is 1.95. The summed E-state index contributed by atoms with van der Waals surface area (Å²) in [5.74, 6) is -0.265. The molecule has 0 spiro atoms. The van der Waals surface area contributed by atoms with E-state index in [1.165, 1.54) is 0 Å². The lowest BCUT2D eigenvalue weighted by atomic mass is 10.1. The zero-order valence-corrected chi connectivity index (χ0v) is 13.7. The number of ether oxygens (including phenoxy) is 1. The molecule has 0 atom stereocenters. The van der Waals surface area contributed by atoms with Crippen LogP contribution in [-0.4, -0.2) is 37.1 Å². The van der Waals surface area contributed by atoms with Crippen molar-refractivity contribution in [1.29, 1.82) is 0 Å². The molecule has 0 aliphatic heterocycles. The number of anilines is 1. The van der Waals surface area contributed by atoms with Gasteiger partial charge in [-0.3, -0.25) is 14.9 Å². The van der Waals surface area contributed by atoms with Crippen LogP contribution in [0, 0.1) is 10.1 Å². The Labute approximate surface area is 142 Å². The van der Waals surface area contributed by atoms with Gasteiger partial charge in [0.05, 0.1) is 10.5 Å². The predicted molar refractivity (Wildman–Crippen MR) is 85.3 cm³/mol. The van der Waals surface area contributed by atoms with Gasteiger partial charge in [0.1, 0.15) is 5.69 Å². The SMILES string of the molecule is CCOCCCNC(=O)CCNc1ccc(C(F)(F)F)cc1[N+](=O)[O-]. The minimum atomic E-state index is -4.66. The average Bonchev–Trinajstić information content (AvgIpc) is 2.53. The summed E-state index contributed by atoms with van der Waals surface area (Å²) < 4.78 is 43.0. The van der Waals surface area contributed by atoms with Crippen LogP contribution in [0.15, 0.2) is 18.2 Å². The molecule has 0 heterocycles. The van der Waals surface area contributed by atoms with Crippen molar-refractivity contribution in [3.05, 3.63) is 33.9 Å². The molecule has 10 heteroatoms. The molecule has 25 heavy (non-hydrogen) atoms. The minimum absolute atomic E-state index is 0.0345. The number of nitrogens with zero attached hydrogens (tertiary/aromatic N) is 1. The normalized spacial score (nSPS) is 11.2. The quantitative estimate of drug-likeness (QED) is 0.379. The third-order valence-corrected chi connectivity index (χ3v) is 3.18. The van der Waals surface area contributed by atoms with Crippen molar-refractivity contribution in [2.45, 2.75) is 25.9 Å². The van der Waals surface area contributed by atoms with Gasteiger partial charge in [0, 0.05) is 38.8 Å². The van der Waals surface area contributed by atoms with E-state index in [4.69, 9.17) is 4.74 Å². The molecule has 1 amide bonds. The standard InChI is InChI=1S/C15H20F3N3O4/c1-2-25-9-3-7-20-14(22)6-8-19-12-5-4-11(15(16,17)18)10-13(12)21(23)24/h4-5,10,19H,2-3,6-9H2,1H3,(H,20,22). The topological polar surface area (TPSA) is 93.5 Å². The maximum absolute atomic E-state index is 12.6. The number of amides is 1. The van der Waals surface area contributed by atoms with Gasteiger partial charge in [-0.25, -0.2) is 0 Å². The Kier molecular flexibility index (Phi) is 8.12. The molecule has 0 radical (unpaired) electrons. The first-order valence-corrected chi connectivity index (χ1v) is 7.69. The molecule has 0 aliphatic carbocycles. The molecule has 0 aromatic heterocycles. The highest BCUT2D eigenvalue weighted by Crippen LogP contribution is 2.34. The van der Waals surface area contributed by atoms with Gasteiger partial charge in [-0.15, -0.1) is 0 Å². The van der Waals surface area contributed by atoms with Crippen LogP contribution < -0.4 is 10.6 Å². The Bertz CT molecular complexity index is 594. The van der Waals surface area contributed by atoms with Gasteiger partial charge >= 0.3 is 6.18 Å². The fourth-order valence-corrected chi connectivity index (χ4v) is 1.95. The van der Waals surface area contributed by atoms with Crippen LogP contribution in [0.1, 0.15) is 25.3 Å². The van der Waals surface area contributed by atoms with E-state index in [-0.39, 0.29) is 24.6 Å². The van der Waals surface area contributed by atoms with Crippen LogP contribution >= 0.6 is 0 Å². The van der Waals surface area contributed by atoms with Crippen molar-refractivity contribution in [2.24, 2.45) is 0 Å². The van der Waals surface area contributed by atoms with Crippen LogP contribution in [0.25, 0.3) is 0 Å². The largest absolute Gasteiger partial charge is 0.416 e. The van der Waals surface area contributed by atoms with Crippen molar-refractivity contribution < 1.29 is 27.6 Å². The molecular weight excluding hydrogens is 343 g/mol. The molecular formula is C15H20F3N3O4. The van der Waals surface area contributed by atoms with E-state index in [2.05, 4.69) is 10.6 Å². The Morgan fingerprint density at radius 2 is 2.04 bits per heavy atom. The van der Waals surface area contributed by atoms with Crippen LogP contribution in [-0.2, 0) is 15.7 Å². The Balaban J connectivity index is 2.51. The van der Waals surface area contributed by atoms with Gasteiger partial charge in [-0.2, -0.15) is 13.2 Å². The van der Waals surface area contributed by atoms with Crippen LogP contribution in [0.5, 0.6) is 0 Å². The van der Waals surface area contributed by atoms with Gasteiger partial charge in [-0.05, 0) is 25.5 Å². The lowest BCUT2D eigenvalue weighted by Crippen LogP contribution is -2.27. The number of nitro benzene ring substituents is 1. The number of alkyl halides is 3. The van der Waals surface area contributed by atoms with Crippen LogP contribution in [0.4, 0.5) is 24.5 Å². The molecule has 0 unspecified atom stereocenters. The first kappa shape index (κ1) is 20.7. The van der Waals surface area contributed by atoms with E-state index in [0.717, 1.165) is 12.1 Å². The average molecular weight is 363 g/mol. The second-order valence-electron chi connectivity index (χ2n) is 5.06. The van der Waals surface area contributed by atoms with Crippen LogP contribution in [0.3, 0.4) is 0 Å². The summed E-state index contributed by atoms with van der Waals surface area (Å²) in [4.78, 5) is 21.6. The molecule has 0 saturated heterocycles. The Hall–Kier alpha value is -2.36. The minimum Gasteiger partial charge on any atom is -0.382 e. The smallest absolute Gasteiger partial charge is 0.382 e. The second kappa shape index (κ2) is 9.82. The molecule has 0 fully saturated rings. The zero-order valence-electron chi connectivity index (χ0n) is 13.7. The first-order valence-electron chi connectivity index (χ1n) is 7.69. The van der Waals surface area contributed by atoms with Crippen molar-refractivity contribution in [3.63, 3.8) is 0 Å². The van der Waals surface area contributed by atoms with E-state index < -0.39 is 22.4 Å². The highest BCUT2D eigenvalue weighted by molar-refractivity contribution is 5.76. The fraction of sp³-hybridized carbons (Fsp3) is 0.533. The van der Waals surface area contributed by atoms with Gasteiger partial charge in [0.15, 0.2) is 0 Å². The third-order valence-electron chi connectivity index (χ3n) is 3.18. The van der Waals surface area contributed by atoms with E-state index in [1.54, 1.807) is 0 Å². The highest BCUT2D eigenvalue weighted by Gasteiger charge is 2.32. The number of carbonyl (C=O) groups is 1. The summed E-state index contributed by atoms with van der Waals surface area (Å²) in [6.07, 6.45) is -3.96. The second-order valence-corrected chi connectivity index (χ2v) is 5.06. The number of carbonyl (C=O) groups excluding carboxylic acids is 1. The maximum Gasteiger partial charge on any atom is 0.416 e. The van der Waals surface area contributed by atoms with E-state index in [1.807, 2.05) is 6.92 Å². The van der Waals surface area contributed by atoms with Gasteiger partial charge in [-0.1, -0.05) is 0 Å². The number of nitro groups is 1. The molecule has 0 saturated carbocycles. The maximum atomic E-state index is 12.6.